The van der Waals surface area contributed by atoms with Crippen molar-refractivity contribution in [3.05, 3.63) is 47.7 Å². The molecule has 1 saturated heterocycles. The van der Waals surface area contributed by atoms with Crippen LogP contribution in [0.25, 0.3) is 0 Å². The standard InChI is InChI=1S/C16H20N4O/c1-3-13-9-15(19-11(2)18-13)20-14-6-8-21-16(14)12-5-4-7-17-10-12/h4-5,7,9-10,14,16H,3,6,8H2,1-2H3,(H,18,19,20)/t14-,16+/m0/s1. The fourth-order valence-corrected chi connectivity index (χ4v) is 2.68. The summed E-state index contributed by atoms with van der Waals surface area (Å²) in [6.45, 7) is 4.78. The highest BCUT2D eigenvalue weighted by Gasteiger charge is 2.30. The van der Waals surface area contributed by atoms with Gasteiger partial charge in [-0.15, -0.1) is 0 Å². The highest BCUT2D eigenvalue weighted by Crippen LogP contribution is 2.30. The summed E-state index contributed by atoms with van der Waals surface area (Å²) in [6.07, 6.45) is 5.55. The SMILES string of the molecule is CCc1cc(N[C@H]2CCO[C@@H]2c2cccnc2)nc(C)n1. The number of aryl methyl sites for hydroxylation is 2. The van der Waals surface area contributed by atoms with Crippen LogP contribution in [0.2, 0.25) is 0 Å². The van der Waals surface area contributed by atoms with Gasteiger partial charge in [0.15, 0.2) is 0 Å². The minimum Gasteiger partial charge on any atom is -0.371 e. The topological polar surface area (TPSA) is 59.9 Å². The van der Waals surface area contributed by atoms with Gasteiger partial charge >= 0.3 is 0 Å². The molecule has 2 atom stereocenters. The molecule has 1 N–H and O–H groups in total. The minimum absolute atomic E-state index is 0.0269. The minimum atomic E-state index is 0.0269. The Morgan fingerprint density at radius 2 is 2.29 bits per heavy atom. The van der Waals surface area contributed by atoms with Crippen molar-refractivity contribution in [2.45, 2.75) is 38.8 Å². The summed E-state index contributed by atoms with van der Waals surface area (Å²) in [7, 11) is 0. The molecule has 110 valence electrons. The highest BCUT2D eigenvalue weighted by atomic mass is 16.5. The second-order valence-corrected chi connectivity index (χ2v) is 5.26. The van der Waals surface area contributed by atoms with E-state index in [2.05, 4.69) is 33.3 Å². The van der Waals surface area contributed by atoms with Gasteiger partial charge in [0.1, 0.15) is 17.7 Å². The maximum absolute atomic E-state index is 5.86. The zero-order valence-electron chi connectivity index (χ0n) is 12.4. The van der Waals surface area contributed by atoms with Crippen molar-refractivity contribution in [1.29, 1.82) is 0 Å². The fraction of sp³-hybridized carbons (Fsp3) is 0.438. The summed E-state index contributed by atoms with van der Waals surface area (Å²) in [6, 6.07) is 6.23. The van der Waals surface area contributed by atoms with Crippen LogP contribution in [-0.4, -0.2) is 27.6 Å². The van der Waals surface area contributed by atoms with Gasteiger partial charge in [-0.25, -0.2) is 9.97 Å². The van der Waals surface area contributed by atoms with E-state index in [1.807, 2.05) is 25.3 Å². The molecule has 2 aromatic rings. The lowest BCUT2D eigenvalue weighted by Gasteiger charge is -2.20. The summed E-state index contributed by atoms with van der Waals surface area (Å²) in [5.41, 5.74) is 2.16. The Kier molecular flexibility index (Phi) is 4.10. The van der Waals surface area contributed by atoms with E-state index in [1.165, 1.54) is 0 Å². The average Bonchev–Trinajstić information content (AvgIpc) is 2.95. The predicted molar refractivity (Wildman–Crippen MR) is 81.1 cm³/mol. The lowest BCUT2D eigenvalue weighted by Crippen LogP contribution is -2.24. The number of anilines is 1. The molecule has 0 amide bonds. The number of hydrogen-bond donors (Lipinski definition) is 1. The quantitative estimate of drug-likeness (QED) is 0.935. The summed E-state index contributed by atoms with van der Waals surface area (Å²) in [5, 5.41) is 3.50. The Hall–Kier alpha value is -2.01. The van der Waals surface area contributed by atoms with Gasteiger partial charge < -0.3 is 10.1 Å². The monoisotopic (exact) mass is 284 g/mol. The molecule has 3 heterocycles. The van der Waals surface area contributed by atoms with E-state index in [1.54, 1.807) is 6.20 Å². The molecule has 0 saturated carbocycles. The Bertz CT molecular complexity index is 602. The molecule has 0 aromatic carbocycles. The Balaban J connectivity index is 1.79. The molecule has 0 bridgehead atoms. The summed E-state index contributed by atoms with van der Waals surface area (Å²) >= 11 is 0. The highest BCUT2D eigenvalue weighted by molar-refractivity contribution is 5.38. The predicted octanol–water partition coefficient (Wildman–Crippen LogP) is 2.68. The summed E-state index contributed by atoms with van der Waals surface area (Å²) in [5.74, 6) is 1.68. The van der Waals surface area contributed by atoms with Crippen molar-refractivity contribution in [3.8, 4) is 0 Å². The van der Waals surface area contributed by atoms with Crippen molar-refractivity contribution in [2.75, 3.05) is 11.9 Å². The summed E-state index contributed by atoms with van der Waals surface area (Å²) in [4.78, 5) is 13.1. The zero-order valence-corrected chi connectivity index (χ0v) is 12.4. The van der Waals surface area contributed by atoms with Crippen LogP contribution in [-0.2, 0) is 11.2 Å². The van der Waals surface area contributed by atoms with E-state index in [0.29, 0.717) is 0 Å². The van der Waals surface area contributed by atoms with E-state index in [-0.39, 0.29) is 12.1 Å². The number of rotatable bonds is 4. The number of ether oxygens (including phenoxy) is 1. The normalized spacial score (nSPS) is 21.4. The van der Waals surface area contributed by atoms with Crippen LogP contribution in [0.4, 0.5) is 5.82 Å². The largest absolute Gasteiger partial charge is 0.371 e. The lowest BCUT2D eigenvalue weighted by molar-refractivity contribution is 0.107. The van der Waals surface area contributed by atoms with Crippen molar-refractivity contribution in [2.24, 2.45) is 0 Å². The molecule has 1 aliphatic heterocycles. The number of nitrogens with one attached hydrogen (secondary N) is 1. The van der Waals surface area contributed by atoms with Gasteiger partial charge in [-0.2, -0.15) is 0 Å². The van der Waals surface area contributed by atoms with E-state index >= 15 is 0 Å². The van der Waals surface area contributed by atoms with E-state index in [0.717, 1.165) is 42.3 Å². The van der Waals surface area contributed by atoms with Gasteiger partial charge in [0.2, 0.25) is 0 Å². The molecule has 21 heavy (non-hydrogen) atoms. The Morgan fingerprint density at radius 1 is 1.38 bits per heavy atom. The molecule has 3 rings (SSSR count). The maximum atomic E-state index is 5.86. The van der Waals surface area contributed by atoms with Crippen LogP contribution >= 0.6 is 0 Å². The van der Waals surface area contributed by atoms with Crippen LogP contribution in [0.1, 0.15) is 36.5 Å². The molecular formula is C16H20N4O. The average molecular weight is 284 g/mol. The van der Waals surface area contributed by atoms with Crippen LogP contribution in [0.3, 0.4) is 0 Å². The first-order chi connectivity index (χ1) is 10.3. The van der Waals surface area contributed by atoms with Crippen molar-refractivity contribution in [1.82, 2.24) is 15.0 Å². The Labute approximate surface area is 124 Å². The molecule has 0 radical (unpaired) electrons. The van der Waals surface area contributed by atoms with Crippen LogP contribution in [0.5, 0.6) is 0 Å². The first-order valence-electron chi connectivity index (χ1n) is 7.39. The maximum Gasteiger partial charge on any atom is 0.130 e. The molecule has 2 aromatic heterocycles. The van der Waals surface area contributed by atoms with Crippen LogP contribution in [0, 0.1) is 6.92 Å². The first kappa shape index (κ1) is 13.9. The van der Waals surface area contributed by atoms with E-state index < -0.39 is 0 Å². The number of nitrogens with zero attached hydrogens (tertiary/aromatic N) is 3. The third-order valence-corrected chi connectivity index (χ3v) is 3.69. The van der Waals surface area contributed by atoms with Gasteiger partial charge in [-0.05, 0) is 25.8 Å². The molecular weight excluding hydrogens is 264 g/mol. The first-order valence-corrected chi connectivity index (χ1v) is 7.39. The Morgan fingerprint density at radius 3 is 3.05 bits per heavy atom. The van der Waals surface area contributed by atoms with E-state index in [9.17, 15) is 0 Å². The van der Waals surface area contributed by atoms with Gasteiger partial charge in [-0.1, -0.05) is 13.0 Å². The van der Waals surface area contributed by atoms with E-state index in [4.69, 9.17) is 4.74 Å². The van der Waals surface area contributed by atoms with Gasteiger partial charge in [0.25, 0.3) is 0 Å². The van der Waals surface area contributed by atoms with Gasteiger partial charge in [0.05, 0.1) is 6.04 Å². The molecule has 5 heteroatoms. The third kappa shape index (κ3) is 3.19. The van der Waals surface area contributed by atoms with Gasteiger partial charge in [-0.3, -0.25) is 4.98 Å². The smallest absolute Gasteiger partial charge is 0.130 e. The molecule has 5 nitrogen and oxygen atoms in total. The molecule has 0 unspecified atom stereocenters. The summed E-state index contributed by atoms with van der Waals surface area (Å²) < 4.78 is 5.86. The number of hydrogen-bond acceptors (Lipinski definition) is 5. The van der Waals surface area contributed by atoms with Crippen molar-refractivity contribution in [3.63, 3.8) is 0 Å². The van der Waals surface area contributed by atoms with Gasteiger partial charge in [0, 0.05) is 36.3 Å². The second-order valence-electron chi connectivity index (χ2n) is 5.26. The zero-order chi connectivity index (χ0) is 14.7. The molecule has 0 aliphatic carbocycles. The fourth-order valence-electron chi connectivity index (χ4n) is 2.68. The second kappa shape index (κ2) is 6.18. The third-order valence-electron chi connectivity index (χ3n) is 3.69. The molecule has 1 fully saturated rings. The molecule has 0 spiro atoms. The van der Waals surface area contributed by atoms with Crippen molar-refractivity contribution < 1.29 is 4.74 Å². The molecule has 1 aliphatic rings. The number of aromatic nitrogens is 3. The van der Waals surface area contributed by atoms with Crippen LogP contribution < -0.4 is 5.32 Å². The number of pyridine rings is 1. The van der Waals surface area contributed by atoms with Crippen LogP contribution in [0.15, 0.2) is 30.6 Å². The lowest BCUT2D eigenvalue weighted by atomic mass is 10.0. The van der Waals surface area contributed by atoms with Crippen molar-refractivity contribution >= 4 is 5.82 Å².